The van der Waals surface area contributed by atoms with E-state index in [4.69, 9.17) is 14.2 Å². The van der Waals surface area contributed by atoms with Crippen molar-refractivity contribution in [2.24, 2.45) is 0 Å². The molecule has 0 radical (unpaired) electrons. The topological polar surface area (TPSA) is 73.9 Å². The second kappa shape index (κ2) is 11.6. The molecule has 1 amide bonds. The Morgan fingerprint density at radius 3 is 2.44 bits per heavy atom. The van der Waals surface area contributed by atoms with Crippen LogP contribution in [0, 0.1) is 0 Å². The highest BCUT2D eigenvalue weighted by Gasteiger charge is 2.33. The Labute approximate surface area is 162 Å². The highest BCUT2D eigenvalue weighted by atomic mass is 16.5. The molecule has 0 aliphatic heterocycles. The summed E-state index contributed by atoms with van der Waals surface area (Å²) in [4.78, 5) is 24.9. The summed E-state index contributed by atoms with van der Waals surface area (Å²) in [5.41, 5.74) is -0.125. The van der Waals surface area contributed by atoms with Gasteiger partial charge in [-0.2, -0.15) is 0 Å². The lowest BCUT2D eigenvalue weighted by Crippen LogP contribution is -2.43. The fraction of sp³-hybridized carbons (Fsp3) is 0.619. The van der Waals surface area contributed by atoms with E-state index < -0.39 is 11.6 Å². The Morgan fingerprint density at radius 1 is 1.11 bits per heavy atom. The van der Waals surface area contributed by atoms with Gasteiger partial charge in [0.2, 0.25) is 0 Å². The summed E-state index contributed by atoms with van der Waals surface area (Å²) in [5.74, 6) is -0.301. The van der Waals surface area contributed by atoms with E-state index in [1.165, 1.54) is 7.11 Å². The van der Waals surface area contributed by atoms with Gasteiger partial charge in [-0.3, -0.25) is 4.79 Å². The summed E-state index contributed by atoms with van der Waals surface area (Å²) in [6.45, 7) is 8.74. The van der Waals surface area contributed by atoms with Gasteiger partial charge in [-0.25, -0.2) is 4.79 Å². The first-order valence-electron chi connectivity index (χ1n) is 9.72. The molecular formula is C21H33NO5. The van der Waals surface area contributed by atoms with Crippen molar-refractivity contribution in [1.29, 1.82) is 0 Å². The molecule has 0 spiro atoms. The molecule has 1 aromatic carbocycles. The number of hydrogen-bond donors (Lipinski definition) is 1. The first-order valence-corrected chi connectivity index (χ1v) is 9.72. The number of unbranched alkanes of at least 4 members (excludes halogenated alkanes) is 2. The molecule has 0 unspecified atom stereocenters. The monoisotopic (exact) mass is 379 g/mol. The molecule has 0 aromatic heterocycles. The van der Waals surface area contributed by atoms with E-state index in [9.17, 15) is 9.59 Å². The number of esters is 1. The molecule has 6 heteroatoms. The maximum absolute atomic E-state index is 12.9. The third-order valence-corrected chi connectivity index (χ3v) is 4.31. The quantitative estimate of drug-likeness (QED) is 0.425. The number of hydrogen-bond acceptors (Lipinski definition) is 5. The van der Waals surface area contributed by atoms with Crippen LogP contribution < -0.4 is 10.1 Å². The van der Waals surface area contributed by atoms with Crippen molar-refractivity contribution in [2.45, 2.75) is 65.4 Å². The van der Waals surface area contributed by atoms with Crippen molar-refractivity contribution in [1.82, 2.24) is 0 Å². The van der Waals surface area contributed by atoms with Crippen LogP contribution in [0.4, 0.5) is 5.69 Å². The Kier molecular flexibility index (Phi) is 9.86. The van der Waals surface area contributed by atoms with Gasteiger partial charge in [-0.15, -0.1) is 0 Å². The lowest BCUT2D eigenvalue weighted by atomic mass is 9.96. The van der Waals surface area contributed by atoms with Gasteiger partial charge in [0.05, 0.1) is 13.7 Å². The minimum atomic E-state index is -0.908. The van der Waals surface area contributed by atoms with Crippen LogP contribution in [-0.2, 0) is 14.3 Å². The van der Waals surface area contributed by atoms with E-state index in [0.717, 1.165) is 25.7 Å². The fourth-order valence-electron chi connectivity index (χ4n) is 2.71. The van der Waals surface area contributed by atoms with Gasteiger partial charge in [0, 0.05) is 12.3 Å². The minimum Gasteiger partial charge on any atom is -0.493 e. The summed E-state index contributed by atoms with van der Waals surface area (Å²) in [6, 6.07) is 4.94. The molecule has 1 N–H and O–H groups in total. The Morgan fingerprint density at radius 2 is 1.85 bits per heavy atom. The second-order valence-corrected chi connectivity index (χ2v) is 6.63. The second-order valence-electron chi connectivity index (χ2n) is 6.63. The first kappa shape index (κ1) is 23.0. The largest absolute Gasteiger partial charge is 0.493 e. The highest BCUT2D eigenvalue weighted by molar-refractivity contribution is 5.99. The third-order valence-electron chi connectivity index (χ3n) is 4.31. The molecular weight excluding hydrogens is 346 g/mol. The van der Waals surface area contributed by atoms with E-state index in [2.05, 4.69) is 12.2 Å². The standard InChI is InChI=1S/C21H33NO5/c1-6-9-10-13-21(4,27-14-7-2)20(24)22-16-11-12-18(26-8-3)17(15-16)19(23)25-5/h11-12,15H,6-10,13-14H2,1-5H3,(H,22,24)/t21-/m0/s1. The van der Waals surface area contributed by atoms with Gasteiger partial charge < -0.3 is 19.5 Å². The number of carbonyl (C=O) groups excluding carboxylic acids is 2. The molecule has 0 aliphatic rings. The predicted molar refractivity (Wildman–Crippen MR) is 106 cm³/mol. The molecule has 0 aliphatic carbocycles. The van der Waals surface area contributed by atoms with E-state index in [-0.39, 0.29) is 11.5 Å². The molecule has 0 fully saturated rings. The molecule has 1 atom stereocenters. The van der Waals surface area contributed by atoms with Crippen LogP contribution in [0.1, 0.15) is 70.2 Å². The Balaban J connectivity index is 3.00. The average molecular weight is 379 g/mol. The summed E-state index contributed by atoms with van der Waals surface area (Å²) < 4.78 is 16.2. The predicted octanol–water partition coefficient (Wildman–Crippen LogP) is 4.58. The molecule has 0 saturated carbocycles. The zero-order valence-electron chi connectivity index (χ0n) is 17.2. The number of ether oxygens (including phenoxy) is 3. The minimum absolute atomic E-state index is 0.216. The number of carbonyl (C=O) groups is 2. The van der Waals surface area contributed by atoms with Crippen LogP contribution in [0.25, 0.3) is 0 Å². The van der Waals surface area contributed by atoms with E-state index in [0.29, 0.717) is 31.1 Å². The summed E-state index contributed by atoms with van der Waals surface area (Å²) in [6.07, 6.45) is 4.53. The molecule has 0 bridgehead atoms. The molecule has 27 heavy (non-hydrogen) atoms. The average Bonchev–Trinajstić information content (AvgIpc) is 2.67. The summed E-state index contributed by atoms with van der Waals surface area (Å²) >= 11 is 0. The summed E-state index contributed by atoms with van der Waals surface area (Å²) in [7, 11) is 1.31. The van der Waals surface area contributed by atoms with Crippen molar-refractivity contribution < 1.29 is 23.8 Å². The van der Waals surface area contributed by atoms with Gasteiger partial charge >= 0.3 is 5.97 Å². The normalized spacial score (nSPS) is 12.9. The molecule has 0 saturated heterocycles. The smallest absolute Gasteiger partial charge is 0.341 e. The molecule has 0 heterocycles. The van der Waals surface area contributed by atoms with Crippen LogP contribution in [0.3, 0.4) is 0 Å². The van der Waals surface area contributed by atoms with Crippen LogP contribution >= 0.6 is 0 Å². The van der Waals surface area contributed by atoms with Crippen LogP contribution in [0.2, 0.25) is 0 Å². The first-order chi connectivity index (χ1) is 12.9. The van der Waals surface area contributed by atoms with Crippen molar-refractivity contribution in [3.05, 3.63) is 23.8 Å². The number of benzene rings is 1. The zero-order chi connectivity index (χ0) is 20.3. The maximum atomic E-state index is 12.9. The van der Waals surface area contributed by atoms with Crippen LogP contribution in [0.15, 0.2) is 18.2 Å². The van der Waals surface area contributed by atoms with Gasteiger partial charge in [0.25, 0.3) is 5.91 Å². The molecule has 1 aromatic rings. The van der Waals surface area contributed by atoms with Crippen molar-refractivity contribution >= 4 is 17.6 Å². The van der Waals surface area contributed by atoms with Crippen molar-refractivity contribution in [3.63, 3.8) is 0 Å². The Hall–Kier alpha value is -2.08. The lowest BCUT2D eigenvalue weighted by molar-refractivity contribution is -0.140. The van der Waals surface area contributed by atoms with E-state index in [1.54, 1.807) is 18.2 Å². The van der Waals surface area contributed by atoms with Crippen LogP contribution in [-0.4, -0.2) is 37.8 Å². The molecule has 1 rings (SSSR count). The van der Waals surface area contributed by atoms with Gasteiger partial charge in [-0.05, 0) is 44.9 Å². The zero-order valence-corrected chi connectivity index (χ0v) is 17.2. The van der Waals surface area contributed by atoms with E-state index >= 15 is 0 Å². The SMILES string of the molecule is CCCCC[C@](C)(OCCC)C(=O)Nc1ccc(OCC)c(C(=O)OC)c1. The van der Waals surface area contributed by atoms with Gasteiger partial charge in [-0.1, -0.05) is 33.1 Å². The number of methoxy groups -OCH3 is 1. The van der Waals surface area contributed by atoms with E-state index in [1.807, 2.05) is 20.8 Å². The highest BCUT2D eigenvalue weighted by Crippen LogP contribution is 2.26. The number of anilines is 1. The number of rotatable bonds is 12. The summed E-state index contributed by atoms with van der Waals surface area (Å²) in [5, 5.41) is 2.88. The molecule has 6 nitrogen and oxygen atoms in total. The maximum Gasteiger partial charge on any atom is 0.341 e. The van der Waals surface area contributed by atoms with Gasteiger partial charge in [0.1, 0.15) is 16.9 Å². The van der Waals surface area contributed by atoms with Gasteiger partial charge in [0.15, 0.2) is 0 Å². The van der Waals surface area contributed by atoms with Crippen molar-refractivity contribution in [3.8, 4) is 5.75 Å². The number of nitrogens with one attached hydrogen (secondary N) is 1. The third kappa shape index (κ3) is 6.86. The lowest BCUT2D eigenvalue weighted by Gasteiger charge is -2.29. The fourth-order valence-corrected chi connectivity index (χ4v) is 2.71. The number of amides is 1. The Bertz CT molecular complexity index is 617. The molecule has 152 valence electrons. The van der Waals surface area contributed by atoms with Crippen LogP contribution in [0.5, 0.6) is 5.75 Å². The van der Waals surface area contributed by atoms with Crippen molar-refractivity contribution in [2.75, 3.05) is 25.6 Å².